The number of carbonyl (C=O) groups excluding carboxylic acids is 1. The van der Waals surface area contributed by atoms with Crippen LogP contribution < -0.4 is 10.6 Å². The van der Waals surface area contributed by atoms with Crippen molar-refractivity contribution in [2.24, 2.45) is 0 Å². The Kier molecular flexibility index (Phi) is 6.57. The van der Waals surface area contributed by atoms with Crippen LogP contribution in [0.5, 0.6) is 0 Å². The molecule has 1 amide bonds. The minimum absolute atomic E-state index is 0.143. The van der Waals surface area contributed by atoms with Crippen molar-refractivity contribution < 1.29 is 9.53 Å². The van der Waals surface area contributed by atoms with Crippen molar-refractivity contribution in [3.05, 3.63) is 53.9 Å². The second kappa shape index (κ2) is 9.31. The highest BCUT2D eigenvalue weighted by Gasteiger charge is 2.11. The van der Waals surface area contributed by atoms with Gasteiger partial charge in [0, 0.05) is 44.3 Å². The van der Waals surface area contributed by atoms with Crippen molar-refractivity contribution in [1.82, 2.24) is 9.88 Å². The first-order chi connectivity index (χ1) is 12.8. The molecular formula is C20H26N4O2. The molecule has 1 aliphatic heterocycles. The number of hydrogen-bond donors (Lipinski definition) is 2. The van der Waals surface area contributed by atoms with Crippen molar-refractivity contribution in [2.45, 2.75) is 13.3 Å². The van der Waals surface area contributed by atoms with Gasteiger partial charge < -0.3 is 15.4 Å². The van der Waals surface area contributed by atoms with E-state index < -0.39 is 0 Å². The zero-order chi connectivity index (χ0) is 18.2. The summed E-state index contributed by atoms with van der Waals surface area (Å²) in [6.07, 6.45) is 4.21. The third kappa shape index (κ3) is 5.03. The Morgan fingerprint density at radius 3 is 2.85 bits per heavy atom. The third-order valence-electron chi connectivity index (χ3n) is 4.51. The number of amides is 1. The molecule has 0 radical (unpaired) electrons. The van der Waals surface area contributed by atoms with Gasteiger partial charge in [-0.05, 0) is 24.1 Å². The molecule has 0 saturated carbocycles. The molecule has 2 aromatic rings. The monoisotopic (exact) mass is 354 g/mol. The SMILES string of the molecule is CCc1ccccc1NC(=O)c1cncc(NCCN2CCOCC2)c1. The molecule has 0 spiro atoms. The molecule has 1 fully saturated rings. The van der Waals surface area contributed by atoms with Gasteiger partial charge in [0.2, 0.25) is 0 Å². The van der Waals surface area contributed by atoms with Crippen LogP contribution in [-0.2, 0) is 11.2 Å². The molecule has 1 aromatic heterocycles. The lowest BCUT2D eigenvalue weighted by Crippen LogP contribution is -2.39. The van der Waals surface area contributed by atoms with E-state index in [4.69, 9.17) is 4.74 Å². The second-order valence-corrected chi connectivity index (χ2v) is 6.31. The molecule has 2 heterocycles. The van der Waals surface area contributed by atoms with Gasteiger partial charge in [-0.25, -0.2) is 0 Å². The van der Waals surface area contributed by atoms with Crippen molar-refractivity contribution in [1.29, 1.82) is 0 Å². The van der Waals surface area contributed by atoms with Crippen LogP contribution in [0.2, 0.25) is 0 Å². The molecule has 1 saturated heterocycles. The van der Waals surface area contributed by atoms with Crippen LogP contribution in [0, 0.1) is 0 Å². The van der Waals surface area contributed by atoms with E-state index in [0.717, 1.165) is 62.8 Å². The maximum absolute atomic E-state index is 12.6. The van der Waals surface area contributed by atoms with Crippen LogP contribution in [-0.4, -0.2) is 55.2 Å². The van der Waals surface area contributed by atoms with Gasteiger partial charge in [0.05, 0.1) is 24.5 Å². The number of aromatic nitrogens is 1. The molecule has 26 heavy (non-hydrogen) atoms. The van der Waals surface area contributed by atoms with E-state index in [2.05, 4.69) is 27.4 Å². The number of hydrogen-bond acceptors (Lipinski definition) is 5. The number of para-hydroxylation sites is 1. The van der Waals surface area contributed by atoms with E-state index in [1.165, 1.54) is 0 Å². The molecular weight excluding hydrogens is 328 g/mol. The van der Waals surface area contributed by atoms with Crippen molar-refractivity contribution >= 4 is 17.3 Å². The van der Waals surface area contributed by atoms with Gasteiger partial charge in [-0.3, -0.25) is 14.7 Å². The number of benzene rings is 1. The normalized spacial score (nSPS) is 14.8. The summed E-state index contributed by atoms with van der Waals surface area (Å²) >= 11 is 0. The van der Waals surface area contributed by atoms with Gasteiger partial charge in [-0.1, -0.05) is 25.1 Å². The summed E-state index contributed by atoms with van der Waals surface area (Å²) in [6.45, 7) is 7.38. The Morgan fingerprint density at radius 1 is 1.23 bits per heavy atom. The molecule has 1 aromatic carbocycles. The van der Waals surface area contributed by atoms with E-state index >= 15 is 0 Å². The van der Waals surface area contributed by atoms with Crippen molar-refractivity contribution in [3.8, 4) is 0 Å². The molecule has 6 nitrogen and oxygen atoms in total. The minimum atomic E-state index is -0.143. The first-order valence-corrected chi connectivity index (χ1v) is 9.14. The van der Waals surface area contributed by atoms with Gasteiger partial charge in [0.15, 0.2) is 0 Å². The number of pyridine rings is 1. The first kappa shape index (κ1) is 18.4. The van der Waals surface area contributed by atoms with Crippen LogP contribution in [0.3, 0.4) is 0 Å². The van der Waals surface area contributed by atoms with E-state index in [9.17, 15) is 4.79 Å². The number of anilines is 2. The smallest absolute Gasteiger partial charge is 0.257 e. The molecule has 0 unspecified atom stereocenters. The van der Waals surface area contributed by atoms with Crippen LogP contribution >= 0.6 is 0 Å². The summed E-state index contributed by atoms with van der Waals surface area (Å²) in [5.74, 6) is -0.143. The summed E-state index contributed by atoms with van der Waals surface area (Å²) in [5.41, 5.74) is 3.38. The van der Waals surface area contributed by atoms with E-state index in [1.807, 2.05) is 30.3 Å². The first-order valence-electron chi connectivity index (χ1n) is 9.14. The highest BCUT2D eigenvalue weighted by molar-refractivity contribution is 6.04. The lowest BCUT2D eigenvalue weighted by atomic mass is 10.1. The number of aryl methyl sites for hydroxylation is 1. The highest BCUT2D eigenvalue weighted by Crippen LogP contribution is 2.17. The number of morpholine rings is 1. The molecule has 138 valence electrons. The average Bonchev–Trinajstić information content (AvgIpc) is 2.69. The summed E-state index contributed by atoms with van der Waals surface area (Å²) in [6, 6.07) is 9.70. The summed E-state index contributed by atoms with van der Waals surface area (Å²) in [4.78, 5) is 19.1. The molecule has 6 heteroatoms. The minimum Gasteiger partial charge on any atom is -0.382 e. The highest BCUT2D eigenvalue weighted by atomic mass is 16.5. The third-order valence-corrected chi connectivity index (χ3v) is 4.51. The maximum Gasteiger partial charge on any atom is 0.257 e. The lowest BCUT2D eigenvalue weighted by molar-refractivity contribution is 0.0398. The summed E-state index contributed by atoms with van der Waals surface area (Å²) in [5, 5.41) is 6.33. The zero-order valence-electron chi connectivity index (χ0n) is 15.2. The predicted molar refractivity (Wildman–Crippen MR) is 104 cm³/mol. The van der Waals surface area contributed by atoms with Gasteiger partial charge in [-0.2, -0.15) is 0 Å². The Hall–Kier alpha value is -2.44. The molecule has 0 aliphatic carbocycles. The molecule has 1 aliphatic rings. The zero-order valence-corrected chi connectivity index (χ0v) is 15.2. The van der Waals surface area contributed by atoms with Crippen LogP contribution in [0.4, 0.5) is 11.4 Å². The second-order valence-electron chi connectivity index (χ2n) is 6.31. The van der Waals surface area contributed by atoms with E-state index in [1.54, 1.807) is 12.4 Å². The molecule has 3 rings (SSSR count). The maximum atomic E-state index is 12.6. The van der Waals surface area contributed by atoms with E-state index in [0.29, 0.717) is 5.56 Å². The molecule has 0 bridgehead atoms. The molecule has 2 N–H and O–H groups in total. The van der Waals surface area contributed by atoms with Crippen LogP contribution in [0.25, 0.3) is 0 Å². The van der Waals surface area contributed by atoms with Crippen molar-refractivity contribution in [2.75, 3.05) is 50.0 Å². The fourth-order valence-corrected chi connectivity index (χ4v) is 2.99. The van der Waals surface area contributed by atoms with Crippen LogP contribution in [0.15, 0.2) is 42.7 Å². The fourth-order valence-electron chi connectivity index (χ4n) is 2.99. The fraction of sp³-hybridized carbons (Fsp3) is 0.400. The lowest BCUT2D eigenvalue weighted by Gasteiger charge is -2.26. The summed E-state index contributed by atoms with van der Waals surface area (Å²) < 4.78 is 5.36. The number of rotatable bonds is 7. The number of nitrogens with zero attached hydrogens (tertiary/aromatic N) is 2. The standard InChI is InChI=1S/C20H26N4O2/c1-2-16-5-3-4-6-19(16)23-20(25)17-13-18(15-21-14-17)22-7-8-24-9-11-26-12-10-24/h3-6,13-15,22H,2,7-12H2,1H3,(H,23,25). The molecule has 0 atom stereocenters. The predicted octanol–water partition coefficient (Wildman–Crippen LogP) is 2.64. The van der Waals surface area contributed by atoms with Crippen LogP contribution in [0.1, 0.15) is 22.8 Å². The van der Waals surface area contributed by atoms with Gasteiger partial charge in [-0.15, -0.1) is 0 Å². The van der Waals surface area contributed by atoms with Gasteiger partial charge >= 0.3 is 0 Å². The largest absolute Gasteiger partial charge is 0.382 e. The van der Waals surface area contributed by atoms with E-state index in [-0.39, 0.29) is 5.91 Å². The topological polar surface area (TPSA) is 66.5 Å². The summed E-state index contributed by atoms with van der Waals surface area (Å²) in [7, 11) is 0. The number of nitrogens with one attached hydrogen (secondary N) is 2. The quantitative estimate of drug-likeness (QED) is 0.800. The van der Waals surface area contributed by atoms with Gasteiger partial charge in [0.25, 0.3) is 5.91 Å². The van der Waals surface area contributed by atoms with Gasteiger partial charge in [0.1, 0.15) is 0 Å². The Labute approximate surface area is 154 Å². The Bertz CT molecular complexity index is 729. The Morgan fingerprint density at radius 2 is 2.04 bits per heavy atom. The van der Waals surface area contributed by atoms with Crippen molar-refractivity contribution in [3.63, 3.8) is 0 Å². The average molecular weight is 354 g/mol. The number of ether oxygens (including phenoxy) is 1. The Balaban J connectivity index is 1.56. The number of carbonyl (C=O) groups is 1.